The first-order chi connectivity index (χ1) is 13.1. The summed E-state index contributed by atoms with van der Waals surface area (Å²) < 4.78 is 15.6. The van der Waals surface area contributed by atoms with Crippen LogP contribution in [0.1, 0.15) is 47.5 Å². The lowest BCUT2D eigenvalue weighted by Gasteiger charge is -2.26. The minimum atomic E-state index is -0.980. The minimum Gasteiger partial charge on any atom is -0.464 e. The molecule has 1 unspecified atom stereocenters. The first-order valence-electron chi connectivity index (χ1n) is 9.85. The Morgan fingerprint density at radius 2 is 1.79 bits per heavy atom. The molecule has 162 valence electrons. The number of carbonyl (C=O) groups is 3. The molecule has 1 heterocycles. The summed E-state index contributed by atoms with van der Waals surface area (Å²) in [5, 5.41) is 5.74. The van der Waals surface area contributed by atoms with Crippen LogP contribution in [0.2, 0.25) is 0 Å². The summed E-state index contributed by atoms with van der Waals surface area (Å²) in [5.41, 5.74) is -0.706. The zero-order valence-corrected chi connectivity index (χ0v) is 17.7. The minimum absolute atomic E-state index is 0.00652. The number of hydrogen-bond donors (Lipinski definition) is 2. The van der Waals surface area contributed by atoms with Crippen molar-refractivity contribution in [1.29, 1.82) is 0 Å². The molecule has 0 radical (unpaired) electrons. The highest BCUT2D eigenvalue weighted by molar-refractivity contribution is 5.82. The van der Waals surface area contributed by atoms with E-state index in [1.807, 2.05) is 0 Å². The number of amides is 1. The number of hydrogen-bond acceptors (Lipinski definition) is 8. The molecular weight excluding hydrogens is 366 g/mol. The van der Waals surface area contributed by atoms with E-state index in [9.17, 15) is 14.4 Å². The van der Waals surface area contributed by atoms with Crippen molar-refractivity contribution in [1.82, 2.24) is 15.5 Å². The zero-order valence-electron chi connectivity index (χ0n) is 17.7. The predicted octanol–water partition coefficient (Wildman–Crippen LogP) is 1.06. The zero-order chi connectivity index (χ0) is 21.2. The average molecular weight is 402 g/mol. The van der Waals surface area contributed by atoms with Gasteiger partial charge in [-0.05, 0) is 41.0 Å². The van der Waals surface area contributed by atoms with Crippen LogP contribution in [0, 0.1) is 0 Å². The second-order valence-electron chi connectivity index (χ2n) is 8.04. The van der Waals surface area contributed by atoms with Crippen LogP contribution in [-0.4, -0.2) is 80.0 Å². The summed E-state index contributed by atoms with van der Waals surface area (Å²) in [6.07, 6.45) is -0.977. The third-order valence-corrected chi connectivity index (χ3v) is 3.84. The number of rotatable bonds is 9. The van der Waals surface area contributed by atoms with Crippen molar-refractivity contribution in [2.24, 2.45) is 0 Å². The van der Waals surface area contributed by atoms with E-state index in [1.165, 1.54) is 0 Å². The number of ether oxygens (including phenoxy) is 3. The molecule has 1 rings (SSSR count). The molecule has 1 amide bonds. The van der Waals surface area contributed by atoms with E-state index < -0.39 is 29.7 Å². The standard InChI is InChI=1S/C19H35N3O6/c1-14(2)27-18(25)21-15(17(24)28-19(3,4)5)6-7-16(23)26-13-12-22-10-8-20-9-11-22/h14-15,20H,6-13H2,1-5H3,(H,21,25). The molecular formula is C19H35N3O6. The van der Waals surface area contributed by atoms with Crippen molar-refractivity contribution in [3.8, 4) is 0 Å². The number of esters is 2. The Kier molecular flexibility index (Phi) is 10.2. The molecule has 1 aliphatic rings. The summed E-state index contributed by atoms with van der Waals surface area (Å²) in [6, 6.07) is -0.980. The van der Waals surface area contributed by atoms with Crippen LogP contribution in [0.25, 0.3) is 0 Å². The van der Waals surface area contributed by atoms with Gasteiger partial charge in [0.05, 0.1) is 6.10 Å². The molecule has 0 spiro atoms. The van der Waals surface area contributed by atoms with Crippen molar-refractivity contribution in [3.05, 3.63) is 0 Å². The molecule has 1 aliphatic heterocycles. The Hall–Kier alpha value is -1.87. The van der Waals surface area contributed by atoms with Gasteiger partial charge in [-0.1, -0.05) is 0 Å². The summed E-state index contributed by atoms with van der Waals surface area (Å²) in [6.45, 7) is 13.3. The van der Waals surface area contributed by atoms with Gasteiger partial charge in [-0.3, -0.25) is 9.69 Å². The van der Waals surface area contributed by atoms with Crippen molar-refractivity contribution in [3.63, 3.8) is 0 Å². The topological polar surface area (TPSA) is 106 Å². The lowest BCUT2D eigenvalue weighted by molar-refractivity contribution is -0.157. The van der Waals surface area contributed by atoms with Gasteiger partial charge in [-0.15, -0.1) is 0 Å². The SMILES string of the molecule is CC(C)OC(=O)NC(CCC(=O)OCCN1CCNCC1)C(=O)OC(C)(C)C. The Morgan fingerprint density at radius 1 is 1.14 bits per heavy atom. The normalized spacial score (nSPS) is 16.4. The first-order valence-corrected chi connectivity index (χ1v) is 9.85. The molecule has 9 heteroatoms. The van der Waals surface area contributed by atoms with Crippen molar-refractivity contribution in [2.45, 2.75) is 65.2 Å². The average Bonchev–Trinajstić information content (AvgIpc) is 2.57. The highest BCUT2D eigenvalue weighted by Crippen LogP contribution is 2.11. The number of nitrogens with zero attached hydrogens (tertiary/aromatic N) is 1. The molecule has 0 aromatic carbocycles. The monoisotopic (exact) mass is 401 g/mol. The summed E-state index contributed by atoms with van der Waals surface area (Å²) >= 11 is 0. The maximum Gasteiger partial charge on any atom is 0.408 e. The Bertz CT molecular complexity index is 512. The second kappa shape index (κ2) is 11.9. The van der Waals surface area contributed by atoms with E-state index in [4.69, 9.17) is 14.2 Å². The highest BCUT2D eigenvalue weighted by atomic mass is 16.6. The Balaban J connectivity index is 2.45. The van der Waals surface area contributed by atoms with Crippen LogP contribution in [-0.2, 0) is 23.8 Å². The fourth-order valence-electron chi connectivity index (χ4n) is 2.57. The Labute approximate surface area is 167 Å². The van der Waals surface area contributed by atoms with Gasteiger partial charge in [0.2, 0.25) is 0 Å². The van der Waals surface area contributed by atoms with Crippen molar-refractivity contribution >= 4 is 18.0 Å². The molecule has 28 heavy (non-hydrogen) atoms. The smallest absolute Gasteiger partial charge is 0.408 e. The van der Waals surface area contributed by atoms with Gasteiger partial charge in [0, 0.05) is 39.1 Å². The van der Waals surface area contributed by atoms with Gasteiger partial charge in [0.25, 0.3) is 0 Å². The summed E-state index contributed by atoms with van der Waals surface area (Å²) in [4.78, 5) is 38.4. The molecule has 1 fully saturated rings. The molecule has 0 saturated carbocycles. The predicted molar refractivity (Wildman–Crippen MR) is 104 cm³/mol. The fraction of sp³-hybridized carbons (Fsp3) is 0.842. The van der Waals surface area contributed by atoms with Gasteiger partial charge in [-0.2, -0.15) is 0 Å². The third-order valence-electron chi connectivity index (χ3n) is 3.84. The van der Waals surface area contributed by atoms with Gasteiger partial charge >= 0.3 is 18.0 Å². The van der Waals surface area contributed by atoms with Crippen LogP contribution in [0.3, 0.4) is 0 Å². The number of carbonyl (C=O) groups excluding carboxylic acids is 3. The van der Waals surface area contributed by atoms with E-state index in [1.54, 1.807) is 34.6 Å². The summed E-state index contributed by atoms with van der Waals surface area (Å²) in [5.74, 6) is -1.02. The number of nitrogens with one attached hydrogen (secondary N) is 2. The first kappa shape index (κ1) is 24.2. The van der Waals surface area contributed by atoms with Crippen LogP contribution in [0.5, 0.6) is 0 Å². The Morgan fingerprint density at radius 3 is 2.36 bits per heavy atom. The van der Waals surface area contributed by atoms with E-state index >= 15 is 0 Å². The maximum atomic E-state index is 12.4. The molecule has 0 aliphatic carbocycles. The van der Waals surface area contributed by atoms with Crippen LogP contribution >= 0.6 is 0 Å². The molecule has 0 aromatic rings. The molecule has 0 aromatic heterocycles. The molecule has 9 nitrogen and oxygen atoms in total. The fourth-order valence-corrected chi connectivity index (χ4v) is 2.57. The van der Waals surface area contributed by atoms with E-state index in [0.717, 1.165) is 26.2 Å². The van der Waals surface area contributed by atoms with Gasteiger partial charge < -0.3 is 24.8 Å². The van der Waals surface area contributed by atoms with Gasteiger partial charge in [-0.25, -0.2) is 9.59 Å². The van der Waals surface area contributed by atoms with Gasteiger partial charge in [0.15, 0.2) is 0 Å². The van der Waals surface area contributed by atoms with Gasteiger partial charge in [0.1, 0.15) is 18.2 Å². The highest BCUT2D eigenvalue weighted by Gasteiger charge is 2.28. The van der Waals surface area contributed by atoms with Crippen molar-refractivity contribution < 1.29 is 28.6 Å². The maximum absolute atomic E-state index is 12.4. The molecule has 1 saturated heterocycles. The van der Waals surface area contributed by atoms with Crippen LogP contribution in [0.4, 0.5) is 4.79 Å². The summed E-state index contributed by atoms with van der Waals surface area (Å²) in [7, 11) is 0. The molecule has 2 N–H and O–H groups in total. The lowest BCUT2D eigenvalue weighted by atomic mass is 10.1. The second-order valence-corrected chi connectivity index (χ2v) is 8.04. The van der Waals surface area contributed by atoms with Crippen LogP contribution < -0.4 is 10.6 Å². The lowest BCUT2D eigenvalue weighted by Crippen LogP contribution is -2.45. The van der Waals surface area contributed by atoms with Crippen LogP contribution in [0.15, 0.2) is 0 Å². The number of piperazine rings is 1. The van der Waals surface area contributed by atoms with Crippen molar-refractivity contribution in [2.75, 3.05) is 39.3 Å². The third kappa shape index (κ3) is 11.1. The quantitative estimate of drug-likeness (QED) is 0.436. The van der Waals surface area contributed by atoms with E-state index in [0.29, 0.717) is 13.2 Å². The largest absolute Gasteiger partial charge is 0.464 e. The molecule has 1 atom stereocenters. The van der Waals surface area contributed by atoms with E-state index in [-0.39, 0.29) is 18.9 Å². The number of alkyl carbamates (subject to hydrolysis) is 1. The van der Waals surface area contributed by atoms with E-state index in [2.05, 4.69) is 15.5 Å². The molecule has 0 bridgehead atoms.